The smallest absolute Gasteiger partial charge is 0.257 e. The molecule has 2 heterocycles. The van der Waals surface area contributed by atoms with Crippen molar-refractivity contribution in [2.45, 2.75) is 47.5 Å². The van der Waals surface area contributed by atoms with E-state index < -0.39 is 0 Å². The Kier molecular flexibility index (Phi) is 6.55. The highest BCUT2D eigenvalue weighted by Crippen LogP contribution is 2.24. The fourth-order valence-corrected chi connectivity index (χ4v) is 4.01. The molecule has 1 aromatic carbocycles. The molecule has 0 aliphatic carbocycles. The summed E-state index contributed by atoms with van der Waals surface area (Å²) in [5.41, 5.74) is 5.05. The Morgan fingerprint density at radius 3 is 2.43 bits per heavy atom. The molecule has 5 nitrogen and oxygen atoms in total. The van der Waals surface area contributed by atoms with E-state index in [1.165, 1.54) is 5.56 Å². The average molecular weight is 383 g/mol. The highest BCUT2D eigenvalue weighted by atomic mass is 16.2. The van der Waals surface area contributed by atoms with Crippen molar-refractivity contribution in [3.63, 3.8) is 0 Å². The van der Waals surface area contributed by atoms with E-state index in [0.717, 1.165) is 68.2 Å². The summed E-state index contributed by atoms with van der Waals surface area (Å²) < 4.78 is 2.00. The summed E-state index contributed by atoms with van der Waals surface area (Å²) >= 11 is 0. The summed E-state index contributed by atoms with van der Waals surface area (Å²) in [6.45, 7) is 15.3. The fraction of sp³-hybridized carbons (Fsp3) is 0.565. The maximum Gasteiger partial charge on any atom is 0.257 e. The number of aryl methyl sites for hydroxylation is 1. The summed E-state index contributed by atoms with van der Waals surface area (Å²) in [6, 6.07) is 8.36. The molecule has 152 valence electrons. The topological polar surface area (TPSA) is 41.4 Å². The van der Waals surface area contributed by atoms with E-state index in [2.05, 4.69) is 63.8 Å². The molecule has 0 radical (unpaired) electrons. The summed E-state index contributed by atoms with van der Waals surface area (Å²) in [5.74, 6) is 0.608. The lowest BCUT2D eigenvalue weighted by atomic mass is 10.0. The van der Waals surface area contributed by atoms with Gasteiger partial charge in [-0.3, -0.25) is 4.79 Å². The lowest BCUT2D eigenvalue weighted by Crippen LogP contribution is -2.48. The molecule has 0 spiro atoms. The van der Waals surface area contributed by atoms with Crippen LogP contribution >= 0.6 is 0 Å². The molecular formula is C23H34N4O. The Morgan fingerprint density at radius 1 is 1.14 bits per heavy atom. The summed E-state index contributed by atoms with van der Waals surface area (Å²) in [6.07, 6.45) is 1.61. The molecule has 0 saturated carbocycles. The Morgan fingerprint density at radius 2 is 1.86 bits per heavy atom. The van der Waals surface area contributed by atoms with Gasteiger partial charge in [-0.15, -0.1) is 0 Å². The van der Waals surface area contributed by atoms with Gasteiger partial charge < -0.3 is 9.80 Å². The zero-order valence-electron chi connectivity index (χ0n) is 18.0. The van der Waals surface area contributed by atoms with E-state index in [1.54, 1.807) is 0 Å². The third-order valence-corrected chi connectivity index (χ3v) is 5.56. The first-order valence-electron chi connectivity index (χ1n) is 10.6. The number of likely N-dealkylation sites (N-methyl/N-ethyl adjacent to an activating group) is 1. The van der Waals surface area contributed by atoms with E-state index in [4.69, 9.17) is 5.10 Å². The molecule has 0 unspecified atom stereocenters. The Hall–Kier alpha value is -2.14. The van der Waals surface area contributed by atoms with Crippen molar-refractivity contribution in [2.24, 2.45) is 5.92 Å². The van der Waals surface area contributed by atoms with Crippen LogP contribution in [-0.2, 0) is 12.8 Å². The normalized spacial score (nSPS) is 15.4. The van der Waals surface area contributed by atoms with Crippen molar-refractivity contribution in [3.05, 3.63) is 46.8 Å². The minimum atomic E-state index is 0.155. The van der Waals surface area contributed by atoms with Crippen LogP contribution in [0.4, 0.5) is 0 Å². The summed E-state index contributed by atoms with van der Waals surface area (Å²) in [7, 11) is 0. The number of rotatable bonds is 6. The molecule has 0 bridgehead atoms. The SMILES string of the molecule is CCc1c(C(=O)N2CCN(CC)CC2)c(CC(C)C)nn1-c1cccc(C)c1. The van der Waals surface area contributed by atoms with Crippen LogP contribution in [0, 0.1) is 12.8 Å². The molecule has 1 amide bonds. The molecule has 28 heavy (non-hydrogen) atoms. The van der Waals surface area contributed by atoms with Crippen molar-refractivity contribution < 1.29 is 4.79 Å². The molecule has 1 aliphatic heterocycles. The highest BCUT2D eigenvalue weighted by Gasteiger charge is 2.29. The van der Waals surface area contributed by atoms with Crippen LogP contribution in [0.15, 0.2) is 24.3 Å². The van der Waals surface area contributed by atoms with Crippen molar-refractivity contribution in [1.29, 1.82) is 0 Å². The van der Waals surface area contributed by atoms with Gasteiger partial charge in [-0.1, -0.05) is 39.8 Å². The van der Waals surface area contributed by atoms with Crippen molar-refractivity contribution in [3.8, 4) is 5.69 Å². The van der Waals surface area contributed by atoms with E-state index in [9.17, 15) is 4.79 Å². The van der Waals surface area contributed by atoms with Gasteiger partial charge >= 0.3 is 0 Å². The lowest BCUT2D eigenvalue weighted by Gasteiger charge is -2.34. The fourth-order valence-electron chi connectivity index (χ4n) is 4.01. The van der Waals surface area contributed by atoms with Gasteiger partial charge in [-0.2, -0.15) is 5.10 Å². The van der Waals surface area contributed by atoms with Gasteiger partial charge in [0, 0.05) is 26.2 Å². The van der Waals surface area contributed by atoms with Crippen molar-refractivity contribution in [1.82, 2.24) is 19.6 Å². The van der Waals surface area contributed by atoms with Gasteiger partial charge in [-0.25, -0.2) is 4.68 Å². The maximum atomic E-state index is 13.5. The van der Waals surface area contributed by atoms with Gasteiger partial charge in [0.2, 0.25) is 0 Å². The van der Waals surface area contributed by atoms with Crippen LogP contribution in [-0.4, -0.2) is 58.2 Å². The molecule has 2 aromatic rings. The second kappa shape index (κ2) is 8.91. The Balaban J connectivity index is 2.01. The molecule has 3 rings (SSSR count). The second-order valence-corrected chi connectivity index (χ2v) is 8.20. The zero-order chi connectivity index (χ0) is 20.3. The number of nitrogens with zero attached hydrogens (tertiary/aromatic N) is 4. The molecule has 5 heteroatoms. The standard InChI is InChI=1S/C23H34N4O/c1-6-21-22(23(28)26-13-11-25(7-2)12-14-26)20(15-17(3)4)24-27(21)19-10-8-9-18(5)16-19/h8-10,16-17H,6-7,11-15H2,1-5H3. The van der Waals surface area contributed by atoms with Gasteiger partial charge in [0.25, 0.3) is 5.91 Å². The van der Waals surface area contributed by atoms with Crippen molar-refractivity contribution in [2.75, 3.05) is 32.7 Å². The van der Waals surface area contributed by atoms with E-state index in [1.807, 2.05) is 9.58 Å². The molecule has 1 saturated heterocycles. The largest absolute Gasteiger partial charge is 0.336 e. The number of hydrogen-bond acceptors (Lipinski definition) is 3. The number of benzene rings is 1. The van der Waals surface area contributed by atoms with Gasteiger partial charge in [-0.05, 0) is 49.9 Å². The van der Waals surface area contributed by atoms with Gasteiger partial charge in [0.05, 0.1) is 22.6 Å². The maximum absolute atomic E-state index is 13.5. The van der Waals surface area contributed by atoms with Crippen LogP contribution in [0.1, 0.15) is 55.0 Å². The minimum absolute atomic E-state index is 0.155. The predicted octanol–water partition coefficient (Wildman–Crippen LogP) is 3.72. The molecule has 0 N–H and O–H groups in total. The van der Waals surface area contributed by atoms with Crippen LogP contribution in [0.25, 0.3) is 5.69 Å². The molecule has 1 aromatic heterocycles. The van der Waals surface area contributed by atoms with Crippen LogP contribution in [0.5, 0.6) is 0 Å². The zero-order valence-corrected chi connectivity index (χ0v) is 18.0. The molecular weight excluding hydrogens is 348 g/mol. The number of piperazine rings is 1. The number of aromatic nitrogens is 2. The first-order chi connectivity index (χ1) is 13.4. The highest BCUT2D eigenvalue weighted by molar-refractivity contribution is 5.97. The summed E-state index contributed by atoms with van der Waals surface area (Å²) in [5, 5.41) is 4.94. The second-order valence-electron chi connectivity index (χ2n) is 8.20. The molecule has 0 atom stereocenters. The van der Waals surface area contributed by atoms with Crippen LogP contribution in [0.2, 0.25) is 0 Å². The number of hydrogen-bond donors (Lipinski definition) is 0. The van der Waals surface area contributed by atoms with E-state index >= 15 is 0 Å². The first-order valence-corrected chi connectivity index (χ1v) is 10.6. The van der Waals surface area contributed by atoms with Crippen LogP contribution in [0.3, 0.4) is 0 Å². The van der Waals surface area contributed by atoms with E-state index in [0.29, 0.717) is 5.92 Å². The Labute approximate surface area is 169 Å². The average Bonchev–Trinajstić information content (AvgIpc) is 3.05. The number of amides is 1. The number of carbonyl (C=O) groups excluding carboxylic acids is 1. The van der Waals surface area contributed by atoms with Crippen molar-refractivity contribution >= 4 is 5.91 Å². The monoisotopic (exact) mass is 382 g/mol. The van der Waals surface area contributed by atoms with Gasteiger partial charge in [0.15, 0.2) is 0 Å². The number of carbonyl (C=O) groups is 1. The minimum Gasteiger partial charge on any atom is -0.336 e. The predicted molar refractivity (Wildman–Crippen MR) is 114 cm³/mol. The van der Waals surface area contributed by atoms with Gasteiger partial charge in [0.1, 0.15) is 0 Å². The third-order valence-electron chi connectivity index (χ3n) is 5.56. The molecule has 1 fully saturated rings. The third kappa shape index (κ3) is 4.30. The quantitative estimate of drug-likeness (QED) is 0.765. The summed E-state index contributed by atoms with van der Waals surface area (Å²) in [4.78, 5) is 18.0. The van der Waals surface area contributed by atoms with Crippen LogP contribution < -0.4 is 0 Å². The molecule has 1 aliphatic rings. The lowest BCUT2D eigenvalue weighted by molar-refractivity contribution is 0.0641. The Bertz CT molecular complexity index is 816. The van der Waals surface area contributed by atoms with E-state index in [-0.39, 0.29) is 5.91 Å². The first kappa shape index (κ1) is 20.6.